The molecule has 1 amide bonds. The number of aryl methyl sites for hydroxylation is 1. The van der Waals surface area contributed by atoms with E-state index in [0.717, 1.165) is 16.9 Å². The molecule has 1 fully saturated rings. The first-order valence-corrected chi connectivity index (χ1v) is 10.9. The summed E-state index contributed by atoms with van der Waals surface area (Å²) in [6.45, 7) is 8.08. The molecule has 0 saturated carbocycles. The molecule has 0 N–H and O–H groups in total. The van der Waals surface area contributed by atoms with Gasteiger partial charge < -0.3 is 19.1 Å². The Morgan fingerprint density at radius 3 is 2.45 bits per heavy atom. The van der Waals surface area contributed by atoms with Crippen LogP contribution in [0.4, 0.5) is 0 Å². The fraction of sp³-hybridized carbons (Fsp3) is 0.440. The lowest BCUT2D eigenvalue weighted by Crippen LogP contribution is -2.40. The van der Waals surface area contributed by atoms with Crippen molar-refractivity contribution in [3.05, 3.63) is 59.2 Å². The summed E-state index contributed by atoms with van der Waals surface area (Å²) in [4.78, 5) is 26.8. The van der Waals surface area contributed by atoms with Gasteiger partial charge in [-0.15, -0.1) is 0 Å². The topological polar surface area (TPSA) is 65.1 Å². The minimum Gasteiger partial charge on any atom is -0.493 e. The smallest absolute Gasteiger partial charge is 0.309 e. The van der Waals surface area contributed by atoms with Crippen LogP contribution >= 0.6 is 0 Å². The number of ether oxygens (including phenoxy) is 3. The minimum absolute atomic E-state index is 0.0397. The van der Waals surface area contributed by atoms with Gasteiger partial charge in [0.25, 0.3) is 5.91 Å². The van der Waals surface area contributed by atoms with Gasteiger partial charge in [-0.2, -0.15) is 0 Å². The average Bonchev–Trinajstić information content (AvgIpc) is 2.78. The van der Waals surface area contributed by atoms with Crippen LogP contribution in [0.5, 0.6) is 11.5 Å². The Morgan fingerprint density at radius 1 is 1.00 bits per heavy atom. The lowest BCUT2D eigenvalue weighted by atomic mass is 9.96. The van der Waals surface area contributed by atoms with Crippen LogP contribution in [0.1, 0.15) is 48.2 Å². The van der Waals surface area contributed by atoms with Gasteiger partial charge in [-0.1, -0.05) is 12.1 Å². The third-order valence-corrected chi connectivity index (χ3v) is 5.39. The largest absolute Gasteiger partial charge is 0.493 e. The molecule has 2 aromatic carbocycles. The average molecular weight is 426 g/mol. The maximum atomic E-state index is 13.1. The molecule has 6 heteroatoms. The third-order valence-electron chi connectivity index (χ3n) is 5.39. The monoisotopic (exact) mass is 425 g/mol. The molecule has 0 unspecified atom stereocenters. The second kappa shape index (κ2) is 10.8. The molecule has 0 bridgehead atoms. The molecule has 166 valence electrons. The van der Waals surface area contributed by atoms with Gasteiger partial charge in [0.15, 0.2) is 0 Å². The van der Waals surface area contributed by atoms with Crippen LogP contribution < -0.4 is 9.47 Å². The van der Waals surface area contributed by atoms with Gasteiger partial charge in [-0.05, 0) is 69.5 Å². The van der Waals surface area contributed by atoms with Crippen molar-refractivity contribution in [1.29, 1.82) is 0 Å². The van der Waals surface area contributed by atoms with E-state index < -0.39 is 0 Å². The minimum atomic E-state index is -0.161. The van der Waals surface area contributed by atoms with E-state index in [0.29, 0.717) is 57.1 Å². The van der Waals surface area contributed by atoms with Gasteiger partial charge >= 0.3 is 5.97 Å². The summed E-state index contributed by atoms with van der Waals surface area (Å²) in [6.07, 6.45) is 1.26. The summed E-state index contributed by atoms with van der Waals surface area (Å²) in [5, 5.41) is 0. The van der Waals surface area contributed by atoms with E-state index in [1.807, 2.05) is 57.2 Å². The Hall–Kier alpha value is -3.02. The van der Waals surface area contributed by atoms with Gasteiger partial charge in [-0.3, -0.25) is 9.59 Å². The molecule has 0 radical (unpaired) electrons. The highest BCUT2D eigenvalue weighted by atomic mass is 16.5. The molecule has 1 aliphatic rings. The number of carbonyl (C=O) groups is 2. The Kier molecular flexibility index (Phi) is 7.93. The highest BCUT2D eigenvalue weighted by Crippen LogP contribution is 2.25. The highest BCUT2D eigenvalue weighted by molar-refractivity contribution is 5.94. The number of likely N-dealkylation sites (tertiary alicyclic amines) is 1. The number of piperidine rings is 1. The van der Waals surface area contributed by atoms with Gasteiger partial charge in [0.1, 0.15) is 18.1 Å². The molecule has 0 aliphatic carbocycles. The normalized spacial score (nSPS) is 14.2. The summed E-state index contributed by atoms with van der Waals surface area (Å²) in [7, 11) is 0. The fourth-order valence-electron chi connectivity index (χ4n) is 3.75. The van der Waals surface area contributed by atoms with Crippen LogP contribution in [-0.4, -0.2) is 43.1 Å². The number of hydrogen-bond acceptors (Lipinski definition) is 5. The Morgan fingerprint density at radius 2 is 1.77 bits per heavy atom. The molecule has 2 aromatic rings. The molecule has 0 atom stereocenters. The van der Waals surface area contributed by atoms with Crippen LogP contribution in [0.3, 0.4) is 0 Å². The zero-order valence-corrected chi connectivity index (χ0v) is 18.6. The molecule has 0 spiro atoms. The number of amides is 1. The zero-order valence-electron chi connectivity index (χ0n) is 18.6. The maximum absolute atomic E-state index is 13.1. The summed E-state index contributed by atoms with van der Waals surface area (Å²) in [5.74, 6) is 1.17. The summed E-state index contributed by atoms with van der Waals surface area (Å²) in [5.41, 5.74) is 2.55. The Labute approximate surface area is 184 Å². The van der Waals surface area contributed by atoms with Crippen molar-refractivity contribution >= 4 is 11.9 Å². The lowest BCUT2D eigenvalue weighted by Gasteiger charge is -2.31. The molecule has 1 heterocycles. The quantitative estimate of drug-likeness (QED) is 0.587. The molecular weight excluding hydrogens is 394 g/mol. The van der Waals surface area contributed by atoms with E-state index in [1.54, 1.807) is 11.0 Å². The van der Waals surface area contributed by atoms with Crippen molar-refractivity contribution in [1.82, 2.24) is 4.90 Å². The molecule has 3 rings (SSSR count). The van der Waals surface area contributed by atoms with Crippen LogP contribution in [0.2, 0.25) is 0 Å². The molecule has 1 saturated heterocycles. The second-order valence-electron chi connectivity index (χ2n) is 7.68. The molecular formula is C25H31NO5. The Balaban J connectivity index is 1.69. The second-order valence-corrected chi connectivity index (χ2v) is 7.68. The van der Waals surface area contributed by atoms with Crippen molar-refractivity contribution in [3.8, 4) is 11.5 Å². The first kappa shape index (κ1) is 22.7. The SMILES string of the molecule is CCOC(=O)C1CCN(C(=O)c2ccc(OCC)c(COc3cccc(C)c3)c2)CC1. The van der Waals surface area contributed by atoms with Crippen LogP contribution in [0.25, 0.3) is 0 Å². The van der Waals surface area contributed by atoms with Crippen molar-refractivity contribution in [3.63, 3.8) is 0 Å². The van der Waals surface area contributed by atoms with E-state index in [2.05, 4.69) is 0 Å². The van der Waals surface area contributed by atoms with Crippen molar-refractivity contribution < 1.29 is 23.8 Å². The van der Waals surface area contributed by atoms with Gasteiger partial charge in [-0.25, -0.2) is 0 Å². The molecule has 6 nitrogen and oxygen atoms in total. The predicted molar refractivity (Wildman–Crippen MR) is 118 cm³/mol. The van der Waals surface area contributed by atoms with E-state index in [4.69, 9.17) is 14.2 Å². The zero-order chi connectivity index (χ0) is 22.2. The molecule has 0 aromatic heterocycles. The van der Waals surface area contributed by atoms with E-state index >= 15 is 0 Å². The van der Waals surface area contributed by atoms with Crippen LogP contribution in [0.15, 0.2) is 42.5 Å². The van der Waals surface area contributed by atoms with Gasteiger partial charge in [0, 0.05) is 24.2 Å². The number of rotatable bonds is 8. The standard InChI is InChI=1S/C25H31NO5/c1-4-29-23-10-9-20(16-21(23)17-31-22-8-6-7-18(3)15-22)24(27)26-13-11-19(12-14-26)25(28)30-5-2/h6-10,15-16,19H,4-5,11-14,17H2,1-3H3. The van der Waals surface area contributed by atoms with Crippen molar-refractivity contribution in [2.75, 3.05) is 26.3 Å². The Bertz CT molecular complexity index is 903. The van der Waals surface area contributed by atoms with Crippen LogP contribution in [-0.2, 0) is 16.1 Å². The lowest BCUT2D eigenvalue weighted by molar-refractivity contribution is -0.149. The first-order valence-electron chi connectivity index (χ1n) is 10.9. The number of benzene rings is 2. The number of carbonyl (C=O) groups excluding carboxylic acids is 2. The maximum Gasteiger partial charge on any atom is 0.309 e. The van der Waals surface area contributed by atoms with Crippen LogP contribution in [0, 0.1) is 12.8 Å². The van der Waals surface area contributed by atoms with Gasteiger partial charge in [0.05, 0.1) is 19.1 Å². The molecule has 31 heavy (non-hydrogen) atoms. The van der Waals surface area contributed by atoms with Crippen molar-refractivity contribution in [2.24, 2.45) is 5.92 Å². The van der Waals surface area contributed by atoms with E-state index in [-0.39, 0.29) is 17.8 Å². The summed E-state index contributed by atoms with van der Waals surface area (Å²) >= 11 is 0. The molecule has 1 aliphatic heterocycles. The summed E-state index contributed by atoms with van der Waals surface area (Å²) in [6, 6.07) is 13.3. The predicted octanol–water partition coefficient (Wildman–Crippen LogP) is 4.39. The fourth-order valence-corrected chi connectivity index (χ4v) is 3.75. The summed E-state index contributed by atoms with van der Waals surface area (Å²) < 4.78 is 16.8. The van der Waals surface area contributed by atoms with Crippen molar-refractivity contribution in [2.45, 2.75) is 40.2 Å². The van der Waals surface area contributed by atoms with E-state index in [9.17, 15) is 9.59 Å². The first-order chi connectivity index (χ1) is 15.0. The van der Waals surface area contributed by atoms with E-state index in [1.165, 1.54) is 0 Å². The van der Waals surface area contributed by atoms with Gasteiger partial charge in [0.2, 0.25) is 0 Å². The highest BCUT2D eigenvalue weighted by Gasteiger charge is 2.29. The number of hydrogen-bond donors (Lipinski definition) is 0. The number of esters is 1. The number of nitrogens with zero attached hydrogens (tertiary/aromatic N) is 1. The third kappa shape index (κ3) is 6.00.